The second-order valence-corrected chi connectivity index (χ2v) is 9.53. The lowest BCUT2D eigenvalue weighted by Gasteiger charge is -2.38. The molecule has 2 heterocycles. The van der Waals surface area contributed by atoms with Gasteiger partial charge >= 0.3 is 0 Å². The second kappa shape index (κ2) is 10.1. The van der Waals surface area contributed by atoms with E-state index >= 15 is 0 Å². The fourth-order valence-electron chi connectivity index (χ4n) is 4.26. The van der Waals surface area contributed by atoms with Crippen LogP contribution in [0, 0.1) is 11.8 Å². The van der Waals surface area contributed by atoms with E-state index in [1.54, 1.807) is 42.2 Å². The maximum Gasteiger partial charge on any atom is 0.255 e. The molecule has 2 atom stereocenters. The van der Waals surface area contributed by atoms with Crippen LogP contribution in [0.4, 0.5) is 11.4 Å². The van der Waals surface area contributed by atoms with E-state index in [4.69, 9.17) is 0 Å². The van der Waals surface area contributed by atoms with E-state index < -0.39 is 0 Å². The molecule has 2 aliphatic rings. The number of amides is 3. The number of hydrogen-bond donors (Lipinski definition) is 2. The number of nitrogens with zero attached hydrogens (tertiary/aromatic N) is 2. The highest BCUT2D eigenvalue weighted by Gasteiger charge is 2.42. The normalized spacial score (nSPS) is 19.1. The first kappa shape index (κ1) is 22.9. The summed E-state index contributed by atoms with van der Waals surface area (Å²) in [6, 6.07) is 18.3. The van der Waals surface area contributed by atoms with Crippen molar-refractivity contribution in [3.8, 4) is 0 Å². The number of rotatable bonds is 6. The molecule has 0 saturated carbocycles. The Morgan fingerprint density at radius 1 is 1.03 bits per heavy atom. The Bertz CT molecular complexity index is 1280. The number of carbonyl (C=O) groups excluding carboxylic acids is 3. The number of thioether (sulfide) groups is 1. The number of hydrogen-bond acceptors (Lipinski definition) is 5. The Balaban J connectivity index is 1.24. The van der Waals surface area contributed by atoms with Gasteiger partial charge in [0.05, 0.1) is 17.5 Å². The lowest BCUT2D eigenvalue weighted by molar-refractivity contribution is -0.139. The smallest absolute Gasteiger partial charge is 0.255 e. The molecule has 7 nitrogen and oxygen atoms in total. The minimum Gasteiger partial charge on any atom is -0.322 e. The third-order valence-electron chi connectivity index (χ3n) is 6.14. The van der Waals surface area contributed by atoms with Crippen LogP contribution in [0.5, 0.6) is 0 Å². The zero-order chi connectivity index (χ0) is 24.2. The third-order valence-corrected chi connectivity index (χ3v) is 7.22. The van der Waals surface area contributed by atoms with Crippen molar-refractivity contribution in [3.05, 3.63) is 96.3 Å². The molecule has 1 aliphatic carbocycles. The summed E-state index contributed by atoms with van der Waals surface area (Å²) < 4.78 is 0. The third kappa shape index (κ3) is 5.12. The van der Waals surface area contributed by atoms with Gasteiger partial charge in [0.2, 0.25) is 11.8 Å². The highest BCUT2D eigenvalue weighted by Crippen LogP contribution is 2.32. The molecule has 0 spiro atoms. The Kier molecular flexibility index (Phi) is 6.63. The average Bonchev–Trinajstić information content (AvgIpc) is 2.91. The number of fused-ring (bicyclic) bond motifs is 1. The van der Waals surface area contributed by atoms with Gasteiger partial charge in [0.15, 0.2) is 0 Å². The van der Waals surface area contributed by atoms with Crippen molar-refractivity contribution in [2.24, 2.45) is 11.8 Å². The molecule has 2 aromatic carbocycles. The first-order valence-electron chi connectivity index (χ1n) is 11.4. The molecule has 1 aliphatic heterocycles. The standard InChI is InChI=1S/C27H24N4O3S/c32-25(29-20-10-12-22(13-11-20)35-17-18-5-4-14-28-16-18)19-6-3-7-21(15-19)31-27(34)24-9-2-1-8-23(24)26(33)30-31/h1-7,10-16,23-24H,8-9,17H2,(H,29,32)(H,30,33). The average molecular weight is 485 g/mol. The summed E-state index contributed by atoms with van der Waals surface area (Å²) in [5.74, 6) is -0.514. The minimum atomic E-state index is -0.374. The molecule has 0 radical (unpaired) electrons. The predicted molar refractivity (Wildman–Crippen MR) is 136 cm³/mol. The summed E-state index contributed by atoms with van der Waals surface area (Å²) >= 11 is 1.69. The number of nitrogens with one attached hydrogen (secondary N) is 2. The Morgan fingerprint density at radius 3 is 2.60 bits per heavy atom. The van der Waals surface area contributed by atoms with E-state index in [1.165, 1.54) is 5.01 Å². The maximum absolute atomic E-state index is 13.0. The van der Waals surface area contributed by atoms with E-state index in [2.05, 4.69) is 15.7 Å². The highest BCUT2D eigenvalue weighted by molar-refractivity contribution is 7.98. The number of allylic oxidation sites excluding steroid dienone is 2. The summed E-state index contributed by atoms with van der Waals surface area (Å²) in [7, 11) is 0. The van der Waals surface area contributed by atoms with Gasteiger partial charge in [0.25, 0.3) is 5.91 Å². The van der Waals surface area contributed by atoms with E-state index in [0.717, 1.165) is 16.2 Å². The van der Waals surface area contributed by atoms with Crippen LogP contribution < -0.4 is 15.8 Å². The van der Waals surface area contributed by atoms with Gasteiger partial charge in [-0.05, 0) is 66.9 Å². The molecule has 2 unspecified atom stereocenters. The van der Waals surface area contributed by atoms with E-state index in [1.807, 2.05) is 54.7 Å². The van der Waals surface area contributed by atoms with Crippen molar-refractivity contribution in [2.75, 3.05) is 10.3 Å². The molecular formula is C27H24N4O3S. The van der Waals surface area contributed by atoms with Crippen LogP contribution in [-0.4, -0.2) is 22.7 Å². The number of pyridine rings is 1. The van der Waals surface area contributed by atoms with E-state index in [-0.39, 0.29) is 29.6 Å². The number of aromatic nitrogens is 1. The van der Waals surface area contributed by atoms with Crippen LogP contribution in [0.1, 0.15) is 28.8 Å². The molecule has 1 saturated heterocycles. The number of carbonyl (C=O) groups is 3. The van der Waals surface area contributed by atoms with Crippen LogP contribution in [0.25, 0.3) is 0 Å². The fraction of sp³-hybridized carbons (Fsp3) is 0.185. The van der Waals surface area contributed by atoms with Crippen LogP contribution in [0.2, 0.25) is 0 Å². The largest absolute Gasteiger partial charge is 0.322 e. The summed E-state index contributed by atoms with van der Waals surface area (Å²) in [6.07, 6.45) is 8.61. The van der Waals surface area contributed by atoms with Crippen molar-refractivity contribution in [1.82, 2.24) is 10.4 Å². The van der Waals surface area contributed by atoms with Gasteiger partial charge in [-0.3, -0.25) is 24.8 Å². The van der Waals surface area contributed by atoms with Crippen molar-refractivity contribution in [1.29, 1.82) is 0 Å². The lowest BCUT2D eigenvalue weighted by Crippen LogP contribution is -2.59. The Morgan fingerprint density at radius 2 is 1.83 bits per heavy atom. The quantitative estimate of drug-likeness (QED) is 0.395. The number of benzene rings is 2. The summed E-state index contributed by atoms with van der Waals surface area (Å²) in [4.78, 5) is 43.7. The van der Waals surface area contributed by atoms with Crippen LogP contribution in [0.3, 0.4) is 0 Å². The van der Waals surface area contributed by atoms with Crippen molar-refractivity contribution in [3.63, 3.8) is 0 Å². The summed E-state index contributed by atoms with van der Waals surface area (Å²) in [5, 5.41) is 4.17. The molecule has 1 fully saturated rings. The molecule has 2 N–H and O–H groups in total. The highest BCUT2D eigenvalue weighted by atomic mass is 32.2. The molecule has 5 rings (SSSR count). The van der Waals surface area contributed by atoms with Gasteiger partial charge in [-0.1, -0.05) is 24.3 Å². The topological polar surface area (TPSA) is 91.4 Å². The zero-order valence-electron chi connectivity index (χ0n) is 18.9. The first-order chi connectivity index (χ1) is 17.1. The number of anilines is 2. The van der Waals surface area contributed by atoms with Gasteiger partial charge < -0.3 is 5.32 Å². The zero-order valence-corrected chi connectivity index (χ0v) is 19.7. The van der Waals surface area contributed by atoms with Gasteiger partial charge in [0, 0.05) is 34.3 Å². The van der Waals surface area contributed by atoms with Gasteiger partial charge in [0.1, 0.15) is 0 Å². The minimum absolute atomic E-state index is 0.157. The fourth-order valence-corrected chi connectivity index (χ4v) is 5.09. The molecule has 35 heavy (non-hydrogen) atoms. The molecule has 1 aromatic heterocycles. The Hall–Kier alpha value is -3.91. The monoisotopic (exact) mass is 484 g/mol. The predicted octanol–water partition coefficient (Wildman–Crippen LogP) is 4.59. The SMILES string of the molecule is O=C(Nc1ccc(SCc2cccnc2)cc1)c1cccc(N2NC(=O)C3CC=CCC3C2=O)c1. The van der Waals surface area contributed by atoms with E-state index in [9.17, 15) is 14.4 Å². The summed E-state index contributed by atoms with van der Waals surface area (Å²) in [6.45, 7) is 0. The number of hydrazine groups is 1. The summed E-state index contributed by atoms with van der Waals surface area (Å²) in [5.41, 5.74) is 5.38. The van der Waals surface area contributed by atoms with Crippen molar-refractivity contribution in [2.45, 2.75) is 23.5 Å². The molecule has 3 amide bonds. The second-order valence-electron chi connectivity index (χ2n) is 8.48. The van der Waals surface area contributed by atoms with Gasteiger partial charge in [-0.2, -0.15) is 0 Å². The van der Waals surface area contributed by atoms with E-state index in [0.29, 0.717) is 29.8 Å². The van der Waals surface area contributed by atoms with Gasteiger partial charge in [-0.15, -0.1) is 11.8 Å². The first-order valence-corrected chi connectivity index (χ1v) is 12.4. The van der Waals surface area contributed by atoms with Crippen LogP contribution >= 0.6 is 11.8 Å². The van der Waals surface area contributed by atoms with Crippen molar-refractivity contribution < 1.29 is 14.4 Å². The van der Waals surface area contributed by atoms with Crippen LogP contribution in [0.15, 0.2) is 90.1 Å². The van der Waals surface area contributed by atoms with Crippen molar-refractivity contribution >= 4 is 40.9 Å². The molecule has 176 valence electrons. The van der Waals surface area contributed by atoms with Gasteiger partial charge in [-0.25, -0.2) is 5.01 Å². The molecule has 8 heteroatoms. The van der Waals surface area contributed by atoms with Crippen LogP contribution in [-0.2, 0) is 15.3 Å². The molecule has 0 bridgehead atoms. The lowest BCUT2D eigenvalue weighted by atomic mass is 9.80. The Labute approximate surface area is 207 Å². The maximum atomic E-state index is 13.0. The molecular weight excluding hydrogens is 460 g/mol. The molecule has 3 aromatic rings.